The Morgan fingerprint density at radius 1 is 0.800 bits per heavy atom. The second kappa shape index (κ2) is 11.4. The maximum Gasteiger partial charge on any atom is 0.184 e. The van der Waals surface area contributed by atoms with Crippen molar-refractivity contribution in [1.29, 1.82) is 0 Å². The molecule has 9 heteroatoms. The van der Waals surface area contributed by atoms with Crippen molar-refractivity contribution in [3.05, 3.63) is 0 Å². The summed E-state index contributed by atoms with van der Waals surface area (Å²) >= 11 is 0. The third-order valence-corrected chi connectivity index (χ3v) is 5.19. The fraction of sp³-hybridized carbons (Fsp3) is 0.938. The number of methoxy groups -OCH3 is 3. The minimum absolute atomic E-state index is 0.262. The maximum atomic E-state index is 6.46. The highest BCUT2D eigenvalue weighted by Gasteiger charge is 2.40. The summed E-state index contributed by atoms with van der Waals surface area (Å²) in [5.74, 6) is 0. The van der Waals surface area contributed by atoms with Gasteiger partial charge in [-0.05, 0) is 39.3 Å². The Labute approximate surface area is 155 Å². The van der Waals surface area contributed by atoms with Crippen molar-refractivity contribution in [2.24, 2.45) is 5.16 Å². The Bertz CT molecular complexity index is 384. The number of rotatable bonds is 13. The van der Waals surface area contributed by atoms with Crippen LogP contribution in [0.4, 0.5) is 0 Å². The van der Waals surface area contributed by atoms with E-state index in [0.29, 0.717) is 6.61 Å². The molecular weight excluding hydrogens is 358 g/mol. The molecule has 0 saturated heterocycles. The van der Waals surface area contributed by atoms with Crippen LogP contribution in [-0.2, 0) is 27.9 Å². The van der Waals surface area contributed by atoms with Gasteiger partial charge in [0.15, 0.2) is 16.6 Å². The van der Waals surface area contributed by atoms with Crippen LogP contribution in [0.25, 0.3) is 0 Å². The van der Waals surface area contributed by atoms with Crippen molar-refractivity contribution >= 4 is 22.8 Å². The van der Waals surface area contributed by atoms with Crippen LogP contribution in [0.3, 0.4) is 0 Å². The molecule has 4 atom stereocenters. The molecule has 0 fully saturated rings. The molecule has 0 aliphatic heterocycles. The summed E-state index contributed by atoms with van der Waals surface area (Å²) in [6, 6.07) is 0. The number of hydrogen-bond acceptors (Lipinski definition) is 7. The fourth-order valence-corrected chi connectivity index (χ4v) is 4.65. The van der Waals surface area contributed by atoms with Crippen molar-refractivity contribution < 1.29 is 27.9 Å². The lowest BCUT2D eigenvalue weighted by Gasteiger charge is -2.40. The molecule has 0 saturated carbocycles. The van der Waals surface area contributed by atoms with Crippen LogP contribution in [0.15, 0.2) is 5.16 Å². The minimum atomic E-state index is -1.89. The second-order valence-electron chi connectivity index (χ2n) is 7.76. The molecule has 0 rings (SSSR count). The molecule has 25 heavy (non-hydrogen) atoms. The zero-order valence-corrected chi connectivity index (χ0v) is 19.5. The first kappa shape index (κ1) is 24.7. The average Bonchev–Trinajstić information content (AvgIpc) is 2.47. The minimum Gasteiger partial charge on any atom is -0.410 e. The molecule has 0 aliphatic rings. The van der Waals surface area contributed by atoms with Gasteiger partial charge in [-0.25, -0.2) is 0 Å². The van der Waals surface area contributed by atoms with Gasteiger partial charge >= 0.3 is 0 Å². The number of oxime groups is 1. The van der Waals surface area contributed by atoms with E-state index in [9.17, 15) is 0 Å². The van der Waals surface area contributed by atoms with Crippen molar-refractivity contribution in [3.63, 3.8) is 0 Å². The molecule has 0 bridgehead atoms. The van der Waals surface area contributed by atoms with E-state index in [0.717, 1.165) is 0 Å². The molecule has 0 unspecified atom stereocenters. The molecule has 0 amide bonds. The summed E-state index contributed by atoms with van der Waals surface area (Å²) in [7, 11) is 2.68. The Morgan fingerprint density at radius 2 is 1.36 bits per heavy atom. The molecular formula is C16H37NO6Si2. The van der Waals surface area contributed by atoms with E-state index >= 15 is 0 Å². The first-order valence-corrected chi connectivity index (χ1v) is 15.3. The van der Waals surface area contributed by atoms with Gasteiger partial charge < -0.3 is 27.9 Å². The Morgan fingerprint density at radius 3 is 1.72 bits per heavy atom. The Balaban J connectivity index is 5.75. The summed E-state index contributed by atoms with van der Waals surface area (Å²) in [6.45, 7) is 13.2. The largest absolute Gasteiger partial charge is 0.410 e. The van der Waals surface area contributed by atoms with E-state index in [4.69, 9.17) is 27.9 Å². The SMILES string of the molecule is COC[C@@H](O[Si](C)(C)C)[C@@H](O[Si](C)(C)C)[C@H](OC)[C@H](/C=N\OC)OC. The standard InChI is InChI=1S/C16H37NO6Si2/c1-18-12-14(22-24(5,6)7)16(23-25(8,9)10)15(20-3)13(19-2)11-17-21-4/h11,13-16H,12H2,1-10H3/b17-11-/t13-,14+,15+,16+/m0/s1. The third-order valence-electron chi connectivity index (χ3n) is 3.20. The molecule has 0 spiro atoms. The van der Waals surface area contributed by atoms with Gasteiger partial charge in [0, 0.05) is 21.3 Å². The molecule has 0 radical (unpaired) electrons. The summed E-state index contributed by atoms with van der Waals surface area (Å²) in [5.41, 5.74) is 0. The van der Waals surface area contributed by atoms with E-state index in [1.54, 1.807) is 27.5 Å². The molecule has 0 aromatic heterocycles. The topological polar surface area (TPSA) is 67.7 Å². The van der Waals surface area contributed by atoms with E-state index in [-0.39, 0.29) is 12.2 Å². The number of hydrogen-bond donors (Lipinski definition) is 0. The molecule has 0 N–H and O–H groups in total. The van der Waals surface area contributed by atoms with Gasteiger partial charge in [0.05, 0.1) is 18.9 Å². The van der Waals surface area contributed by atoms with Crippen LogP contribution in [0.1, 0.15) is 0 Å². The maximum absolute atomic E-state index is 6.46. The van der Waals surface area contributed by atoms with Crippen LogP contribution >= 0.6 is 0 Å². The predicted molar refractivity (Wildman–Crippen MR) is 105 cm³/mol. The summed E-state index contributed by atoms with van der Waals surface area (Å²) in [6.07, 6.45) is 0.120. The smallest absolute Gasteiger partial charge is 0.184 e. The van der Waals surface area contributed by atoms with Gasteiger partial charge in [-0.15, -0.1) is 0 Å². The highest BCUT2D eigenvalue weighted by Crippen LogP contribution is 2.23. The van der Waals surface area contributed by atoms with Gasteiger partial charge in [0.2, 0.25) is 0 Å². The van der Waals surface area contributed by atoms with Crippen molar-refractivity contribution in [3.8, 4) is 0 Å². The highest BCUT2D eigenvalue weighted by molar-refractivity contribution is 6.70. The van der Waals surface area contributed by atoms with Crippen LogP contribution in [-0.4, -0.2) is 82.3 Å². The van der Waals surface area contributed by atoms with E-state index in [2.05, 4.69) is 44.4 Å². The summed E-state index contributed by atoms with van der Waals surface area (Å²) < 4.78 is 29.6. The van der Waals surface area contributed by atoms with Gasteiger partial charge in [-0.2, -0.15) is 0 Å². The average molecular weight is 396 g/mol. The van der Waals surface area contributed by atoms with Crippen LogP contribution in [0, 0.1) is 0 Å². The Hall–Kier alpha value is -0.296. The van der Waals surface area contributed by atoms with Gasteiger partial charge in [0.1, 0.15) is 25.4 Å². The molecule has 0 aromatic carbocycles. The van der Waals surface area contributed by atoms with E-state index in [1.807, 2.05) is 0 Å². The monoisotopic (exact) mass is 395 g/mol. The molecule has 0 aromatic rings. The lowest BCUT2D eigenvalue weighted by molar-refractivity contribution is -0.111. The van der Waals surface area contributed by atoms with E-state index in [1.165, 1.54) is 7.11 Å². The quantitative estimate of drug-likeness (QED) is 0.271. The highest BCUT2D eigenvalue weighted by atomic mass is 28.4. The second-order valence-corrected chi connectivity index (χ2v) is 16.7. The first-order valence-electron chi connectivity index (χ1n) is 8.46. The first-order chi connectivity index (χ1) is 11.5. The molecule has 150 valence electrons. The van der Waals surface area contributed by atoms with Crippen molar-refractivity contribution in [2.45, 2.75) is 63.7 Å². The summed E-state index contributed by atoms with van der Waals surface area (Å²) in [4.78, 5) is 4.79. The zero-order chi connectivity index (χ0) is 19.7. The number of ether oxygens (including phenoxy) is 3. The lowest BCUT2D eigenvalue weighted by atomic mass is 10.0. The van der Waals surface area contributed by atoms with Crippen molar-refractivity contribution in [2.75, 3.05) is 35.0 Å². The van der Waals surface area contributed by atoms with Gasteiger partial charge in [0.25, 0.3) is 0 Å². The molecule has 7 nitrogen and oxygen atoms in total. The van der Waals surface area contributed by atoms with E-state index < -0.39 is 28.8 Å². The van der Waals surface area contributed by atoms with Crippen LogP contribution < -0.4 is 0 Å². The fourth-order valence-electron chi connectivity index (χ4n) is 2.43. The number of nitrogens with zero attached hydrogens (tertiary/aromatic N) is 1. The lowest BCUT2D eigenvalue weighted by Crippen LogP contribution is -2.56. The van der Waals surface area contributed by atoms with Crippen LogP contribution in [0.5, 0.6) is 0 Å². The summed E-state index contributed by atoms with van der Waals surface area (Å²) in [5, 5.41) is 3.83. The molecule has 0 heterocycles. The van der Waals surface area contributed by atoms with Crippen LogP contribution in [0.2, 0.25) is 39.3 Å². The third kappa shape index (κ3) is 10.4. The zero-order valence-electron chi connectivity index (χ0n) is 17.5. The van der Waals surface area contributed by atoms with Gasteiger partial charge in [-0.3, -0.25) is 0 Å². The normalized spacial score (nSPS) is 18.2. The van der Waals surface area contributed by atoms with Gasteiger partial charge in [-0.1, -0.05) is 5.16 Å². The molecule has 0 aliphatic carbocycles. The Kier molecular flexibility index (Phi) is 11.3. The van der Waals surface area contributed by atoms with Crippen molar-refractivity contribution in [1.82, 2.24) is 0 Å². The predicted octanol–water partition coefficient (Wildman–Crippen LogP) is 2.74.